The number of carbonyl (C=O) groups is 1. The normalized spacial score (nSPS) is 25.8. The van der Waals surface area contributed by atoms with Gasteiger partial charge in [-0.2, -0.15) is 0 Å². The summed E-state index contributed by atoms with van der Waals surface area (Å²) < 4.78 is 10.3. The molecule has 2 atom stereocenters. The highest BCUT2D eigenvalue weighted by atomic mass is 16.5. The van der Waals surface area contributed by atoms with Crippen molar-refractivity contribution in [2.45, 2.75) is 58.0 Å². The predicted octanol–water partition coefficient (Wildman–Crippen LogP) is 1.79. The lowest BCUT2D eigenvalue weighted by molar-refractivity contribution is -0.151. The van der Waals surface area contributed by atoms with Crippen LogP contribution < -0.4 is 5.73 Å². The molecule has 1 saturated carbocycles. The van der Waals surface area contributed by atoms with Crippen LogP contribution in [0.1, 0.15) is 46.5 Å². The Labute approximate surface area is 129 Å². The third kappa shape index (κ3) is 4.94. The van der Waals surface area contributed by atoms with Crippen LogP contribution in [0.3, 0.4) is 0 Å². The Morgan fingerprint density at radius 2 is 2.14 bits per heavy atom. The fraction of sp³-hybridized carbons (Fsp3) is 0.938. The third-order valence-electron chi connectivity index (χ3n) is 4.60. The van der Waals surface area contributed by atoms with E-state index in [0.717, 1.165) is 45.4 Å². The molecule has 0 radical (unpaired) electrons. The highest BCUT2D eigenvalue weighted by molar-refractivity contribution is 5.81. The second kappa shape index (κ2) is 8.71. The minimum Gasteiger partial charge on any atom is -0.465 e. The van der Waals surface area contributed by atoms with Gasteiger partial charge < -0.3 is 15.2 Å². The standard InChI is InChI=1S/C16H32N2O3/c1-5-21-15(19)16(17)9-6-7-14(16)8-10-18(13(2)3)11-12-20-4/h13-14H,5-12,17H2,1-4H3. The van der Waals surface area contributed by atoms with Crippen molar-refractivity contribution in [3.8, 4) is 0 Å². The van der Waals surface area contributed by atoms with Crippen molar-refractivity contribution in [2.24, 2.45) is 11.7 Å². The Morgan fingerprint density at radius 1 is 1.43 bits per heavy atom. The average Bonchev–Trinajstić information content (AvgIpc) is 2.81. The lowest BCUT2D eigenvalue weighted by Crippen LogP contribution is -2.52. The molecule has 0 amide bonds. The average molecular weight is 300 g/mol. The molecule has 5 nitrogen and oxygen atoms in total. The number of methoxy groups -OCH3 is 1. The number of hydrogen-bond acceptors (Lipinski definition) is 5. The Kier molecular flexibility index (Phi) is 7.63. The van der Waals surface area contributed by atoms with Gasteiger partial charge in [-0.05, 0) is 52.5 Å². The van der Waals surface area contributed by atoms with Crippen molar-refractivity contribution in [3.05, 3.63) is 0 Å². The van der Waals surface area contributed by atoms with Crippen LogP contribution in [0.2, 0.25) is 0 Å². The molecule has 0 aromatic rings. The van der Waals surface area contributed by atoms with Gasteiger partial charge in [0.1, 0.15) is 5.54 Å². The summed E-state index contributed by atoms with van der Waals surface area (Å²) in [6.07, 6.45) is 3.72. The summed E-state index contributed by atoms with van der Waals surface area (Å²) in [4.78, 5) is 14.5. The zero-order valence-electron chi connectivity index (χ0n) is 14.1. The molecule has 2 unspecified atom stereocenters. The minimum atomic E-state index is -0.778. The van der Waals surface area contributed by atoms with E-state index in [9.17, 15) is 4.79 Å². The molecular formula is C16H32N2O3. The first-order valence-electron chi connectivity index (χ1n) is 8.14. The topological polar surface area (TPSA) is 64.8 Å². The summed E-state index contributed by atoms with van der Waals surface area (Å²) in [6.45, 7) is 9.19. The van der Waals surface area contributed by atoms with Crippen molar-refractivity contribution in [2.75, 3.05) is 33.4 Å². The molecule has 0 heterocycles. The van der Waals surface area contributed by atoms with Crippen molar-refractivity contribution < 1.29 is 14.3 Å². The molecule has 0 spiro atoms. The fourth-order valence-electron chi connectivity index (χ4n) is 3.20. The van der Waals surface area contributed by atoms with Gasteiger partial charge in [-0.3, -0.25) is 9.69 Å². The molecule has 0 aliphatic heterocycles. The van der Waals surface area contributed by atoms with Gasteiger partial charge in [0.15, 0.2) is 0 Å². The van der Waals surface area contributed by atoms with E-state index >= 15 is 0 Å². The number of rotatable bonds is 9. The Morgan fingerprint density at radius 3 is 2.71 bits per heavy atom. The molecule has 5 heteroatoms. The minimum absolute atomic E-state index is 0.222. The summed E-state index contributed by atoms with van der Waals surface area (Å²) in [7, 11) is 1.72. The highest BCUT2D eigenvalue weighted by Crippen LogP contribution is 2.37. The maximum atomic E-state index is 12.1. The summed E-state index contributed by atoms with van der Waals surface area (Å²) >= 11 is 0. The summed E-state index contributed by atoms with van der Waals surface area (Å²) in [5.41, 5.74) is 5.60. The highest BCUT2D eigenvalue weighted by Gasteiger charge is 2.46. The second-order valence-electron chi connectivity index (χ2n) is 6.26. The molecule has 1 rings (SSSR count). The van der Waals surface area contributed by atoms with Gasteiger partial charge in [0, 0.05) is 19.7 Å². The number of carbonyl (C=O) groups excluding carboxylic acids is 1. The van der Waals surface area contributed by atoms with Crippen LogP contribution in [0.5, 0.6) is 0 Å². The van der Waals surface area contributed by atoms with Gasteiger partial charge >= 0.3 is 5.97 Å². The van der Waals surface area contributed by atoms with Gasteiger partial charge in [0.25, 0.3) is 0 Å². The molecule has 2 N–H and O–H groups in total. The zero-order chi connectivity index (χ0) is 15.9. The van der Waals surface area contributed by atoms with Gasteiger partial charge in [0.2, 0.25) is 0 Å². The van der Waals surface area contributed by atoms with E-state index in [1.54, 1.807) is 7.11 Å². The summed E-state index contributed by atoms with van der Waals surface area (Å²) in [6, 6.07) is 0.469. The van der Waals surface area contributed by atoms with Crippen molar-refractivity contribution in [1.82, 2.24) is 4.90 Å². The molecule has 124 valence electrons. The quantitative estimate of drug-likeness (QED) is 0.658. The van der Waals surface area contributed by atoms with Gasteiger partial charge in [-0.25, -0.2) is 0 Å². The molecule has 21 heavy (non-hydrogen) atoms. The molecule has 1 aliphatic rings. The lowest BCUT2D eigenvalue weighted by Gasteiger charge is -2.32. The van der Waals surface area contributed by atoms with E-state index in [2.05, 4.69) is 18.7 Å². The van der Waals surface area contributed by atoms with E-state index in [4.69, 9.17) is 15.2 Å². The maximum Gasteiger partial charge on any atom is 0.326 e. The van der Waals surface area contributed by atoms with Crippen molar-refractivity contribution >= 4 is 5.97 Å². The van der Waals surface area contributed by atoms with Gasteiger partial charge in [-0.15, -0.1) is 0 Å². The maximum absolute atomic E-state index is 12.1. The predicted molar refractivity (Wildman–Crippen MR) is 84.1 cm³/mol. The second-order valence-corrected chi connectivity index (χ2v) is 6.26. The Balaban J connectivity index is 2.57. The van der Waals surface area contributed by atoms with E-state index in [-0.39, 0.29) is 11.9 Å². The SMILES string of the molecule is CCOC(=O)C1(N)CCCC1CCN(CCOC)C(C)C. The van der Waals surface area contributed by atoms with Crippen LogP contribution in [0, 0.1) is 5.92 Å². The number of nitrogens with zero attached hydrogens (tertiary/aromatic N) is 1. The molecular weight excluding hydrogens is 268 g/mol. The van der Waals surface area contributed by atoms with Crippen molar-refractivity contribution in [3.63, 3.8) is 0 Å². The van der Waals surface area contributed by atoms with Crippen molar-refractivity contribution in [1.29, 1.82) is 0 Å². The first kappa shape index (κ1) is 18.4. The molecule has 0 bridgehead atoms. The van der Waals surface area contributed by atoms with E-state index in [0.29, 0.717) is 12.6 Å². The lowest BCUT2D eigenvalue weighted by atomic mass is 9.85. The van der Waals surface area contributed by atoms with E-state index < -0.39 is 5.54 Å². The molecule has 1 fully saturated rings. The monoisotopic (exact) mass is 300 g/mol. The van der Waals surface area contributed by atoms with Gasteiger partial charge in [0.05, 0.1) is 13.2 Å². The van der Waals surface area contributed by atoms with Crippen LogP contribution >= 0.6 is 0 Å². The molecule has 0 aromatic carbocycles. The van der Waals surface area contributed by atoms with E-state index in [1.807, 2.05) is 6.92 Å². The van der Waals surface area contributed by atoms with Crippen LogP contribution in [-0.2, 0) is 14.3 Å². The van der Waals surface area contributed by atoms with Crippen LogP contribution in [-0.4, -0.2) is 55.9 Å². The molecule has 1 aliphatic carbocycles. The zero-order valence-corrected chi connectivity index (χ0v) is 14.1. The summed E-state index contributed by atoms with van der Waals surface area (Å²) in [5.74, 6) is 0.000772. The first-order chi connectivity index (χ1) is 9.95. The first-order valence-corrected chi connectivity index (χ1v) is 8.14. The van der Waals surface area contributed by atoms with Crippen LogP contribution in [0.4, 0.5) is 0 Å². The molecule has 0 saturated heterocycles. The number of nitrogens with two attached hydrogens (primary N) is 1. The van der Waals surface area contributed by atoms with Crippen LogP contribution in [0.25, 0.3) is 0 Å². The largest absolute Gasteiger partial charge is 0.465 e. The van der Waals surface area contributed by atoms with Crippen LogP contribution in [0.15, 0.2) is 0 Å². The Bertz CT molecular complexity index is 323. The summed E-state index contributed by atoms with van der Waals surface area (Å²) in [5, 5.41) is 0. The Hall–Kier alpha value is -0.650. The number of hydrogen-bond donors (Lipinski definition) is 1. The fourth-order valence-corrected chi connectivity index (χ4v) is 3.20. The number of esters is 1. The number of ether oxygens (including phenoxy) is 2. The smallest absolute Gasteiger partial charge is 0.326 e. The molecule has 0 aromatic heterocycles. The third-order valence-corrected chi connectivity index (χ3v) is 4.60. The van der Waals surface area contributed by atoms with E-state index in [1.165, 1.54) is 0 Å². The van der Waals surface area contributed by atoms with Gasteiger partial charge in [-0.1, -0.05) is 6.42 Å².